The standard InChI is InChI=1S/C27H32N4O5/c1-27(25(32)29-16-19-7-3-2-4-8-19,15-21-17-28-24-10-6-5-9-23(21)24)30-26(33)36-18-20-11-13-22(14-12-20)31(34)35/h5-6,9-14,17,19,28H,2-4,7-8,15-16,18H2,1H3,(H,29,32)(H,30,33). The van der Waals surface area contributed by atoms with Gasteiger partial charge in [-0.2, -0.15) is 0 Å². The highest BCUT2D eigenvalue weighted by Crippen LogP contribution is 2.25. The van der Waals surface area contributed by atoms with E-state index in [1.807, 2.05) is 30.5 Å². The molecule has 1 unspecified atom stereocenters. The number of H-pyrrole nitrogens is 1. The molecule has 1 aliphatic carbocycles. The van der Waals surface area contributed by atoms with Gasteiger partial charge in [0.15, 0.2) is 0 Å². The first-order valence-corrected chi connectivity index (χ1v) is 12.4. The molecule has 2 amide bonds. The molecule has 2 aromatic carbocycles. The number of non-ortho nitro benzene ring substituents is 1. The number of benzene rings is 2. The number of carbonyl (C=O) groups excluding carboxylic acids is 2. The van der Waals surface area contributed by atoms with Crippen LogP contribution in [-0.4, -0.2) is 34.0 Å². The average Bonchev–Trinajstić information content (AvgIpc) is 3.29. The fraction of sp³-hybridized carbons (Fsp3) is 0.407. The van der Waals surface area contributed by atoms with Crippen molar-refractivity contribution in [3.8, 4) is 0 Å². The van der Waals surface area contributed by atoms with Gasteiger partial charge < -0.3 is 20.4 Å². The Hall–Kier alpha value is -3.88. The van der Waals surface area contributed by atoms with E-state index < -0.39 is 16.6 Å². The van der Waals surface area contributed by atoms with Crippen molar-refractivity contribution in [3.05, 3.63) is 76.0 Å². The van der Waals surface area contributed by atoms with Gasteiger partial charge in [0.2, 0.25) is 5.91 Å². The topological polar surface area (TPSA) is 126 Å². The number of nitro benzene ring substituents is 1. The van der Waals surface area contributed by atoms with Crippen LogP contribution < -0.4 is 10.6 Å². The van der Waals surface area contributed by atoms with Gasteiger partial charge in [-0.05, 0) is 55.0 Å². The number of carbonyl (C=O) groups is 2. The number of para-hydroxylation sites is 1. The molecule has 3 aromatic rings. The first-order valence-electron chi connectivity index (χ1n) is 12.4. The highest BCUT2D eigenvalue weighted by molar-refractivity contribution is 5.91. The Kier molecular flexibility index (Phi) is 7.87. The largest absolute Gasteiger partial charge is 0.445 e. The number of aromatic nitrogens is 1. The van der Waals surface area contributed by atoms with Gasteiger partial charge in [0.25, 0.3) is 5.69 Å². The fourth-order valence-electron chi connectivity index (χ4n) is 4.79. The number of nitro groups is 1. The van der Waals surface area contributed by atoms with Gasteiger partial charge in [0.1, 0.15) is 12.1 Å². The molecule has 1 saturated carbocycles. The van der Waals surface area contributed by atoms with Crippen molar-refractivity contribution in [1.29, 1.82) is 0 Å². The van der Waals surface area contributed by atoms with Gasteiger partial charge >= 0.3 is 6.09 Å². The van der Waals surface area contributed by atoms with E-state index in [0.717, 1.165) is 29.3 Å². The van der Waals surface area contributed by atoms with Gasteiger partial charge in [0, 0.05) is 42.2 Å². The molecule has 1 aromatic heterocycles. The molecule has 0 aliphatic heterocycles. The molecular weight excluding hydrogens is 460 g/mol. The van der Waals surface area contributed by atoms with E-state index in [1.165, 1.54) is 43.5 Å². The number of ether oxygens (including phenoxy) is 1. The van der Waals surface area contributed by atoms with Crippen molar-refractivity contribution in [2.75, 3.05) is 6.54 Å². The summed E-state index contributed by atoms with van der Waals surface area (Å²) in [7, 11) is 0. The summed E-state index contributed by atoms with van der Waals surface area (Å²) in [5, 5.41) is 17.7. The summed E-state index contributed by atoms with van der Waals surface area (Å²) in [5.74, 6) is 0.194. The van der Waals surface area contributed by atoms with E-state index in [1.54, 1.807) is 6.92 Å². The van der Waals surface area contributed by atoms with E-state index in [0.29, 0.717) is 18.0 Å². The maximum absolute atomic E-state index is 13.4. The summed E-state index contributed by atoms with van der Waals surface area (Å²) < 4.78 is 5.37. The second-order valence-corrected chi connectivity index (χ2v) is 9.71. The highest BCUT2D eigenvalue weighted by atomic mass is 16.6. The Morgan fingerprint density at radius 2 is 1.83 bits per heavy atom. The number of rotatable bonds is 9. The van der Waals surface area contributed by atoms with Crippen molar-refractivity contribution < 1.29 is 19.2 Å². The van der Waals surface area contributed by atoms with E-state index in [2.05, 4.69) is 15.6 Å². The summed E-state index contributed by atoms with van der Waals surface area (Å²) >= 11 is 0. The molecule has 9 nitrogen and oxygen atoms in total. The van der Waals surface area contributed by atoms with E-state index >= 15 is 0 Å². The first kappa shape index (κ1) is 25.2. The minimum Gasteiger partial charge on any atom is -0.445 e. The van der Waals surface area contributed by atoms with Crippen LogP contribution in [0.2, 0.25) is 0 Å². The lowest BCUT2D eigenvalue weighted by Gasteiger charge is -2.30. The first-order chi connectivity index (χ1) is 17.3. The van der Waals surface area contributed by atoms with Crippen LogP contribution in [0, 0.1) is 16.0 Å². The molecule has 1 aliphatic rings. The number of hydrogen-bond donors (Lipinski definition) is 3. The van der Waals surface area contributed by atoms with Gasteiger partial charge in [-0.1, -0.05) is 37.5 Å². The monoisotopic (exact) mass is 492 g/mol. The highest BCUT2D eigenvalue weighted by Gasteiger charge is 2.37. The Morgan fingerprint density at radius 3 is 2.56 bits per heavy atom. The fourth-order valence-corrected chi connectivity index (χ4v) is 4.79. The maximum atomic E-state index is 13.4. The number of amides is 2. The third kappa shape index (κ3) is 6.21. The molecule has 1 heterocycles. The Balaban J connectivity index is 1.45. The van der Waals surface area contributed by atoms with Crippen LogP contribution >= 0.6 is 0 Å². The zero-order valence-electron chi connectivity index (χ0n) is 20.4. The summed E-state index contributed by atoms with van der Waals surface area (Å²) in [4.78, 5) is 39.8. The molecule has 36 heavy (non-hydrogen) atoms. The molecule has 4 rings (SSSR count). The predicted molar refractivity (Wildman–Crippen MR) is 136 cm³/mol. The molecule has 0 radical (unpaired) electrons. The number of alkyl carbamates (subject to hydrolysis) is 1. The van der Waals surface area contributed by atoms with Crippen molar-refractivity contribution in [1.82, 2.24) is 15.6 Å². The lowest BCUT2D eigenvalue weighted by molar-refractivity contribution is -0.384. The summed E-state index contributed by atoms with van der Waals surface area (Å²) in [6.45, 7) is 2.22. The zero-order valence-corrected chi connectivity index (χ0v) is 20.4. The molecule has 0 spiro atoms. The van der Waals surface area contributed by atoms with Crippen LogP contribution in [0.5, 0.6) is 0 Å². The number of nitrogens with one attached hydrogen (secondary N) is 3. The lowest BCUT2D eigenvalue weighted by atomic mass is 9.88. The van der Waals surface area contributed by atoms with E-state index in [9.17, 15) is 19.7 Å². The maximum Gasteiger partial charge on any atom is 0.408 e. The number of fused-ring (bicyclic) bond motifs is 1. The quantitative estimate of drug-likeness (QED) is 0.286. The summed E-state index contributed by atoms with van der Waals surface area (Å²) in [6.07, 6.45) is 7.21. The Bertz CT molecular complexity index is 1220. The molecule has 1 atom stereocenters. The third-order valence-electron chi connectivity index (χ3n) is 6.89. The summed E-state index contributed by atoms with van der Waals surface area (Å²) in [6, 6.07) is 13.6. The molecule has 0 bridgehead atoms. The molecule has 3 N–H and O–H groups in total. The van der Waals surface area contributed by atoms with E-state index in [4.69, 9.17) is 4.74 Å². The van der Waals surface area contributed by atoms with Gasteiger partial charge in [-0.15, -0.1) is 0 Å². The smallest absolute Gasteiger partial charge is 0.408 e. The SMILES string of the molecule is CC(Cc1c[nH]c2ccccc12)(NC(=O)OCc1ccc([N+](=O)[O-])cc1)C(=O)NCC1CCCCC1. The average molecular weight is 493 g/mol. The van der Waals surface area contributed by atoms with Crippen molar-refractivity contribution in [3.63, 3.8) is 0 Å². The van der Waals surface area contributed by atoms with Gasteiger partial charge in [0.05, 0.1) is 4.92 Å². The third-order valence-corrected chi connectivity index (χ3v) is 6.89. The van der Waals surface area contributed by atoms with Gasteiger partial charge in [-0.3, -0.25) is 14.9 Å². The molecule has 9 heteroatoms. The molecular formula is C27H32N4O5. The van der Waals surface area contributed by atoms with Crippen molar-refractivity contribution in [2.24, 2.45) is 5.92 Å². The van der Waals surface area contributed by atoms with Crippen molar-refractivity contribution in [2.45, 2.75) is 57.6 Å². The Morgan fingerprint density at radius 1 is 1.11 bits per heavy atom. The van der Waals surface area contributed by atoms with Gasteiger partial charge in [-0.25, -0.2) is 4.79 Å². The van der Waals surface area contributed by atoms with Crippen LogP contribution in [0.3, 0.4) is 0 Å². The minimum atomic E-state index is -1.24. The van der Waals surface area contributed by atoms with Crippen LogP contribution in [0.4, 0.5) is 10.5 Å². The predicted octanol–water partition coefficient (Wildman–Crippen LogP) is 5.00. The molecule has 190 valence electrons. The lowest BCUT2D eigenvalue weighted by Crippen LogP contribution is -2.58. The van der Waals surface area contributed by atoms with Crippen LogP contribution in [0.1, 0.15) is 50.2 Å². The second-order valence-electron chi connectivity index (χ2n) is 9.71. The van der Waals surface area contributed by atoms with Crippen LogP contribution in [-0.2, 0) is 22.6 Å². The van der Waals surface area contributed by atoms with Crippen molar-refractivity contribution >= 4 is 28.6 Å². The number of hydrogen-bond acceptors (Lipinski definition) is 5. The minimum absolute atomic E-state index is 0.0378. The number of aromatic amines is 1. The number of nitrogens with zero attached hydrogens (tertiary/aromatic N) is 1. The Labute approximate surface area is 209 Å². The van der Waals surface area contributed by atoms with Crippen LogP contribution in [0.25, 0.3) is 10.9 Å². The second kappa shape index (κ2) is 11.2. The summed E-state index contributed by atoms with van der Waals surface area (Å²) in [5.41, 5.74) is 1.20. The van der Waals surface area contributed by atoms with Crippen LogP contribution in [0.15, 0.2) is 54.7 Å². The molecule has 0 saturated heterocycles. The molecule has 1 fully saturated rings. The zero-order chi connectivity index (χ0) is 25.5. The normalized spacial score (nSPS) is 15.7. The van der Waals surface area contributed by atoms with E-state index in [-0.39, 0.29) is 24.6 Å².